The van der Waals surface area contributed by atoms with E-state index in [1.165, 1.54) is 6.42 Å². The molecule has 0 radical (unpaired) electrons. The Morgan fingerprint density at radius 2 is 1.90 bits per heavy atom. The number of piperazine rings is 1. The van der Waals surface area contributed by atoms with Crippen LogP contribution in [0, 0.1) is 5.92 Å². The van der Waals surface area contributed by atoms with Crippen LogP contribution >= 0.6 is 0 Å². The van der Waals surface area contributed by atoms with Crippen molar-refractivity contribution in [2.24, 2.45) is 5.92 Å². The van der Waals surface area contributed by atoms with Crippen molar-refractivity contribution in [3.05, 3.63) is 0 Å². The molecule has 0 aromatic rings. The van der Waals surface area contributed by atoms with Crippen molar-refractivity contribution in [1.29, 1.82) is 0 Å². The van der Waals surface area contributed by atoms with E-state index >= 15 is 0 Å². The molecule has 0 aromatic carbocycles. The Labute approximate surface area is 124 Å². The van der Waals surface area contributed by atoms with E-state index in [4.69, 9.17) is 0 Å². The largest absolute Gasteiger partial charge is 0.311 e. The third-order valence-electron chi connectivity index (χ3n) is 4.76. The number of rotatable bonds is 4. The van der Waals surface area contributed by atoms with E-state index in [-0.39, 0.29) is 0 Å². The molecule has 0 amide bonds. The molecule has 0 aromatic heterocycles. The Bertz CT molecular complexity index is 394. The lowest BCUT2D eigenvalue weighted by atomic mass is 9.96. The fourth-order valence-corrected chi connectivity index (χ4v) is 5.12. The Morgan fingerprint density at radius 3 is 2.45 bits per heavy atom. The monoisotopic (exact) mass is 302 g/mol. The average molecular weight is 302 g/mol. The molecule has 0 spiro atoms. The molecule has 2 unspecified atom stereocenters. The van der Waals surface area contributed by atoms with Gasteiger partial charge in [-0.3, -0.25) is 4.90 Å². The van der Waals surface area contributed by atoms with Crippen LogP contribution in [0.3, 0.4) is 0 Å². The highest BCUT2D eigenvalue weighted by Crippen LogP contribution is 2.24. The van der Waals surface area contributed by atoms with Gasteiger partial charge in [-0.2, -0.15) is 0 Å². The predicted octanol–water partition coefficient (Wildman–Crippen LogP) is 1.66. The quantitative estimate of drug-likeness (QED) is 0.858. The van der Waals surface area contributed by atoms with Crippen LogP contribution in [0.4, 0.5) is 0 Å². The highest BCUT2D eigenvalue weighted by Gasteiger charge is 2.35. The van der Waals surface area contributed by atoms with E-state index in [1.807, 2.05) is 0 Å². The molecule has 5 heteroatoms. The number of nitrogens with zero attached hydrogens (tertiary/aromatic N) is 1. The second kappa shape index (κ2) is 6.75. The van der Waals surface area contributed by atoms with Gasteiger partial charge in [0, 0.05) is 31.2 Å². The number of sulfone groups is 1. The smallest absolute Gasteiger partial charge is 0.150 e. The standard InChI is InChI=1S/C15H30N2O2S/c1-4-14-10-16-13(9-12(2)3)11-17(14)15-5-7-20(18,19)8-6-15/h12-16H,4-11H2,1-3H3. The fraction of sp³-hybridized carbons (Fsp3) is 1.00. The number of nitrogens with one attached hydrogen (secondary N) is 1. The van der Waals surface area contributed by atoms with Crippen LogP contribution in [0.25, 0.3) is 0 Å². The first-order chi connectivity index (χ1) is 9.41. The first-order valence-electron chi connectivity index (χ1n) is 8.11. The van der Waals surface area contributed by atoms with Gasteiger partial charge in [0.25, 0.3) is 0 Å². The summed E-state index contributed by atoms with van der Waals surface area (Å²) in [5.41, 5.74) is 0. The lowest BCUT2D eigenvalue weighted by Gasteiger charge is -2.46. The second-order valence-electron chi connectivity index (χ2n) is 6.88. The Hall–Kier alpha value is -0.130. The molecule has 2 aliphatic rings. The fourth-order valence-electron chi connectivity index (χ4n) is 3.65. The van der Waals surface area contributed by atoms with Crippen LogP contribution in [-0.4, -0.2) is 56.0 Å². The summed E-state index contributed by atoms with van der Waals surface area (Å²) in [6.45, 7) is 8.91. The molecule has 0 bridgehead atoms. The minimum atomic E-state index is -2.75. The number of hydrogen-bond acceptors (Lipinski definition) is 4. The van der Waals surface area contributed by atoms with Crippen molar-refractivity contribution in [2.75, 3.05) is 24.6 Å². The molecule has 2 rings (SSSR count). The van der Waals surface area contributed by atoms with Gasteiger partial charge in [-0.05, 0) is 31.6 Å². The zero-order chi connectivity index (χ0) is 14.8. The summed E-state index contributed by atoms with van der Waals surface area (Å²) in [7, 11) is -2.75. The predicted molar refractivity (Wildman–Crippen MR) is 83.7 cm³/mol. The van der Waals surface area contributed by atoms with Gasteiger partial charge in [-0.1, -0.05) is 20.8 Å². The topological polar surface area (TPSA) is 49.4 Å². The lowest BCUT2D eigenvalue weighted by Crippen LogP contribution is -2.60. The average Bonchev–Trinajstić information content (AvgIpc) is 2.38. The van der Waals surface area contributed by atoms with Gasteiger partial charge in [0.05, 0.1) is 11.5 Å². The minimum absolute atomic E-state index is 0.382. The van der Waals surface area contributed by atoms with E-state index < -0.39 is 9.84 Å². The van der Waals surface area contributed by atoms with Gasteiger partial charge in [-0.15, -0.1) is 0 Å². The molecule has 118 valence electrons. The van der Waals surface area contributed by atoms with E-state index in [0.717, 1.165) is 32.4 Å². The third kappa shape index (κ3) is 4.18. The highest BCUT2D eigenvalue weighted by molar-refractivity contribution is 7.91. The Kier molecular flexibility index (Phi) is 5.49. The molecule has 2 heterocycles. The maximum atomic E-state index is 11.6. The maximum Gasteiger partial charge on any atom is 0.150 e. The molecule has 2 saturated heterocycles. The van der Waals surface area contributed by atoms with E-state index in [2.05, 4.69) is 31.0 Å². The molecule has 0 saturated carbocycles. The molecule has 2 aliphatic heterocycles. The van der Waals surface area contributed by atoms with Crippen molar-refractivity contribution in [1.82, 2.24) is 10.2 Å². The van der Waals surface area contributed by atoms with Crippen LogP contribution in [-0.2, 0) is 9.84 Å². The van der Waals surface area contributed by atoms with Gasteiger partial charge in [0.15, 0.2) is 0 Å². The SMILES string of the molecule is CCC1CNC(CC(C)C)CN1C1CCS(=O)(=O)CC1. The molecule has 20 heavy (non-hydrogen) atoms. The first-order valence-corrected chi connectivity index (χ1v) is 9.93. The van der Waals surface area contributed by atoms with E-state index in [0.29, 0.717) is 35.5 Å². The van der Waals surface area contributed by atoms with E-state index in [9.17, 15) is 8.42 Å². The van der Waals surface area contributed by atoms with Crippen molar-refractivity contribution in [2.45, 2.75) is 64.6 Å². The molecule has 2 atom stereocenters. The maximum absolute atomic E-state index is 11.6. The molecular weight excluding hydrogens is 272 g/mol. The zero-order valence-electron chi connectivity index (χ0n) is 13.1. The summed E-state index contributed by atoms with van der Waals surface area (Å²) in [6.07, 6.45) is 4.00. The van der Waals surface area contributed by atoms with Crippen LogP contribution in [0.5, 0.6) is 0 Å². The van der Waals surface area contributed by atoms with Gasteiger partial charge in [-0.25, -0.2) is 8.42 Å². The molecular formula is C15H30N2O2S. The summed E-state index contributed by atoms with van der Waals surface area (Å²) >= 11 is 0. The van der Waals surface area contributed by atoms with Crippen LogP contribution in [0.2, 0.25) is 0 Å². The summed E-state index contributed by atoms with van der Waals surface area (Å²) in [5, 5.41) is 3.68. The van der Waals surface area contributed by atoms with Gasteiger partial charge in [0.2, 0.25) is 0 Å². The Balaban J connectivity index is 1.98. The zero-order valence-corrected chi connectivity index (χ0v) is 14.0. The molecule has 4 nitrogen and oxygen atoms in total. The molecule has 1 N–H and O–H groups in total. The van der Waals surface area contributed by atoms with Crippen LogP contribution in [0.15, 0.2) is 0 Å². The Morgan fingerprint density at radius 1 is 1.25 bits per heavy atom. The van der Waals surface area contributed by atoms with Crippen LogP contribution in [0.1, 0.15) is 46.5 Å². The first kappa shape index (κ1) is 16.2. The minimum Gasteiger partial charge on any atom is -0.311 e. The van der Waals surface area contributed by atoms with Crippen LogP contribution < -0.4 is 5.32 Å². The summed E-state index contributed by atoms with van der Waals surface area (Å²) < 4.78 is 23.2. The molecule has 2 fully saturated rings. The number of hydrogen-bond donors (Lipinski definition) is 1. The summed E-state index contributed by atoms with van der Waals surface area (Å²) in [5.74, 6) is 1.47. The van der Waals surface area contributed by atoms with Crippen molar-refractivity contribution in [3.63, 3.8) is 0 Å². The van der Waals surface area contributed by atoms with Gasteiger partial charge in [0.1, 0.15) is 9.84 Å². The van der Waals surface area contributed by atoms with Crippen molar-refractivity contribution >= 4 is 9.84 Å². The van der Waals surface area contributed by atoms with Crippen molar-refractivity contribution < 1.29 is 8.42 Å². The third-order valence-corrected chi connectivity index (χ3v) is 6.48. The van der Waals surface area contributed by atoms with E-state index in [1.54, 1.807) is 0 Å². The molecule has 0 aliphatic carbocycles. The summed E-state index contributed by atoms with van der Waals surface area (Å²) in [4.78, 5) is 2.61. The lowest BCUT2D eigenvalue weighted by molar-refractivity contribution is 0.0681. The van der Waals surface area contributed by atoms with Gasteiger partial charge < -0.3 is 5.32 Å². The highest BCUT2D eigenvalue weighted by atomic mass is 32.2. The normalized spacial score (nSPS) is 32.6. The second-order valence-corrected chi connectivity index (χ2v) is 9.18. The summed E-state index contributed by atoms with van der Waals surface area (Å²) in [6, 6.07) is 1.61. The van der Waals surface area contributed by atoms with Gasteiger partial charge >= 0.3 is 0 Å². The van der Waals surface area contributed by atoms with Crippen molar-refractivity contribution in [3.8, 4) is 0 Å².